The Hall–Kier alpha value is -1.81. The van der Waals surface area contributed by atoms with Crippen LogP contribution < -0.4 is 10.5 Å². The van der Waals surface area contributed by atoms with E-state index in [0.29, 0.717) is 5.69 Å². The normalized spacial score (nSPS) is 19.0. The van der Waals surface area contributed by atoms with E-state index in [2.05, 4.69) is 20.7 Å². The molecule has 4 N–H and O–H groups in total. The van der Waals surface area contributed by atoms with Crippen molar-refractivity contribution < 1.29 is 14.1 Å². The summed E-state index contributed by atoms with van der Waals surface area (Å²) in [6, 6.07) is 1.54. The lowest BCUT2D eigenvalue weighted by Crippen LogP contribution is -2.21. The fourth-order valence-corrected chi connectivity index (χ4v) is 5.81. The van der Waals surface area contributed by atoms with Crippen LogP contribution in [0.2, 0.25) is 0 Å². The number of aliphatic hydroxyl groups excluding tert-OH is 1. The number of nitrogens with one attached hydrogen (secondary N) is 1. The van der Waals surface area contributed by atoms with Crippen molar-refractivity contribution in [2.75, 3.05) is 5.32 Å². The summed E-state index contributed by atoms with van der Waals surface area (Å²) in [6.07, 6.45) is 4.41. The maximum atomic E-state index is 12.8. The molecule has 0 fully saturated rings. The van der Waals surface area contributed by atoms with E-state index in [4.69, 9.17) is 5.14 Å². The number of aryl methyl sites for hydroxylation is 2. The third-order valence-corrected chi connectivity index (χ3v) is 8.32. The molecule has 0 spiro atoms. The zero-order valence-electron chi connectivity index (χ0n) is 15.9. The number of thiazole rings is 1. The molecule has 3 unspecified atom stereocenters. The summed E-state index contributed by atoms with van der Waals surface area (Å²) < 4.78 is 16.7. The topological polar surface area (TPSA) is 118 Å². The average Bonchev–Trinajstić information content (AvgIpc) is 3.25. The van der Waals surface area contributed by atoms with Crippen LogP contribution in [0.4, 0.5) is 10.5 Å². The largest absolute Gasteiger partial charge is 0.393 e. The highest BCUT2D eigenvalue weighted by Crippen LogP contribution is 2.39. The number of nitrogens with zero attached hydrogens (tertiary/aromatic N) is 2. The van der Waals surface area contributed by atoms with Crippen molar-refractivity contribution in [1.82, 2.24) is 4.98 Å². The number of hydrogen-bond donors (Lipinski definition) is 3. The second-order valence-electron chi connectivity index (χ2n) is 7.54. The van der Waals surface area contributed by atoms with E-state index in [1.54, 1.807) is 12.3 Å². The van der Waals surface area contributed by atoms with Crippen molar-refractivity contribution in [3.05, 3.63) is 39.4 Å². The molecule has 0 aliphatic heterocycles. The Labute approximate surface area is 168 Å². The number of rotatable bonds is 4. The minimum absolute atomic E-state index is 0.0939. The van der Waals surface area contributed by atoms with E-state index in [-0.39, 0.29) is 10.3 Å². The zero-order chi connectivity index (χ0) is 20.1. The lowest BCUT2D eigenvalue weighted by molar-refractivity contribution is 0.167. The highest BCUT2D eigenvalue weighted by molar-refractivity contribution is 7.93. The first-order chi connectivity index (χ1) is 13.3. The first kappa shape index (κ1) is 19.5. The van der Waals surface area contributed by atoms with Crippen molar-refractivity contribution in [3.8, 4) is 0 Å². The number of amides is 2. The van der Waals surface area contributed by atoms with Crippen molar-refractivity contribution in [2.45, 2.75) is 62.3 Å². The Morgan fingerprint density at radius 3 is 2.68 bits per heavy atom. The first-order valence-corrected chi connectivity index (χ1v) is 11.9. The molecule has 9 heteroatoms. The van der Waals surface area contributed by atoms with Gasteiger partial charge >= 0.3 is 6.03 Å². The van der Waals surface area contributed by atoms with Gasteiger partial charge in [0.05, 0.1) is 11.8 Å². The second kappa shape index (κ2) is 7.22. The highest BCUT2D eigenvalue weighted by Gasteiger charge is 2.27. The van der Waals surface area contributed by atoms with Gasteiger partial charge in [-0.25, -0.2) is 19.1 Å². The maximum absolute atomic E-state index is 12.8. The van der Waals surface area contributed by atoms with E-state index in [1.165, 1.54) is 16.7 Å². The third kappa shape index (κ3) is 3.47. The molecule has 0 saturated heterocycles. The summed E-state index contributed by atoms with van der Waals surface area (Å²) in [5, 5.41) is 20.1. The number of aromatic nitrogens is 1. The van der Waals surface area contributed by atoms with Gasteiger partial charge in [-0.05, 0) is 61.3 Å². The molecule has 3 atom stereocenters. The van der Waals surface area contributed by atoms with Crippen LogP contribution in [0.1, 0.15) is 54.1 Å². The minimum Gasteiger partial charge on any atom is -0.393 e. The smallest absolute Gasteiger partial charge is 0.354 e. The first-order valence-electron chi connectivity index (χ1n) is 9.42. The third-order valence-electron chi connectivity index (χ3n) is 5.64. The van der Waals surface area contributed by atoms with E-state index >= 15 is 0 Å². The zero-order valence-corrected chi connectivity index (χ0v) is 17.5. The molecule has 2 aliphatic carbocycles. The Morgan fingerprint density at radius 2 is 2.00 bits per heavy atom. The summed E-state index contributed by atoms with van der Waals surface area (Å²) in [5.74, 6) is -0.222. The molecule has 2 amide bonds. The lowest BCUT2D eigenvalue weighted by atomic mass is 9.83. The Kier molecular flexibility index (Phi) is 5.03. The molecule has 1 aromatic heterocycles. The van der Waals surface area contributed by atoms with Gasteiger partial charge in [0, 0.05) is 17.0 Å². The van der Waals surface area contributed by atoms with Crippen molar-refractivity contribution in [2.24, 2.45) is 9.50 Å². The van der Waals surface area contributed by atoms with E-state index < -0.39 is 22.1 Å². The number of nitrogens with two attached hydrogens (primary N) is 1. The van der Waals surface area contributed by atoms with Crippen LogP contribution in [0.5, 0.6) is 0 Å². The molecule has 4 rings (SSSR count). The predicted molar refractivity (Wildman–Crippen MR) is 110 cm³/mol. The molecule has 150 valence electrons. The molecule has 2 aliphatic rings. The van der Waals surface area contributed by atoms with Gasteiger partial charge in [0.15, 0.2) is 9.92 Å². The van der Waals surface area contributed by atoms with E-state index in [0.717, 1.165) is 54.7 Å². The summed E-state index contributed by atoms with van der Waals surface area (Å²) in [7, 11) is -3.45. The molecular formula is C19H24N4O3S2. The highest BCUT2D eigenvalue weighted by atomic mass is 32.2. The standard InChI is InChI=1S/C19H24N4O3S2/c1-10(11(2)24)16-9-27-19(21-16)28(20,26)23-18(25)22-17-14-5-3-4-12(14)8-13-6-7-15(13)17/h8-11,24H,3-7H2,1-2H3,(H3,20,22,23,25,26). The van der Waals surface area contributed by atoms with Gasteiger partial charge in [0.2, 0.25) is 4.34 Å². The van der Waals surface area contributed by atoms with Gasteiger partial charge in [-0.2, -0.15) is 0 Å². The SMILES string of the molecule is CC(O)C(C)c1csc(S(N)(=O)=NC(=O)Nc2c3c(cc4c2CC4)CCC3)n1. The number of carbonyl (C=O) groups is 1. The van der Waals surface area contributed by atoms with Crippen molar-refractivity contribution in [1.29, 1.82) is 0 Å². The molecule has 1 heterocycles. The molecule has 0 radical (unpaired) electrons. The van der Waals surface area contributed by atoms with E-state index in [1.807, 2.05) is 6.92 Å². The molecular weight excluding hydrogens is 396 g/mol. The molecule has 1 aromatic carbocycles. The van der Waals surface area contributed by atoms with Crippen LogP contribution in [0.3, 0.4) is 0 Å². The summed E-state index contributed by atoms with van der Waals surface area (Å²) >= 11 is 1.09. The molecule has 28 heavy (non-hydrogen) atoms. The minimum atomic E-state index is -3.45. The number of anilines is 1. The number of urea groups is 1. The molecule has 7 nitrogen and oxygen atoms in total. The van der Waals surface area contributed by atoms with Gasteiger partial charge < -0.3 is 10.4 Å². The van der Waals surface area contributed by atoms with Gasteiger partial charge in [-0.1, -0.05) is 13.0 Å². The molecule has 0 bridgehead atoms. The number of carbonyl (C=O) groups excluding carboxylic acids is 1. The van der Waals surface area contributed by atoms with Crippen molar-refractivity contribution in [3.63, 3.8) is 0 Å². The fraction of sp³-hybridized carbons (Fsp3) is 0.474. The summed E-state index contributed by atoms with van der Waals surface area (Å²) in [5.41, 5.74) is 6.33. The average molecular weight is 421 g/mol. The van der Waals surface area contributed by atoms with Crippen LogP contribution in [0, 0.1) is 0 Å². The van der Waals surface area contributed by atoms with Crippen LogP contribution in [-0.4, -0.2) is 26.4 Å². The van der Waals surface area contributed by atoms with Crippen LogP contribution in [0.25, 0.3) is 0 Å². The Morgan fingerprint density at radius 1 is 1.29 bits per heavy atom. The van der Waals surface area contributed by atoms with Gasteiger partial charge in [-0.3, -0.25) is 0 Å². The number of fused-ring (bicyclic) bond motifs is 2. The number of hydrogen-bond acceptors (Lipinski definition) is 5. The molecule has 0 saturated carbocycles. The predicted octanol–water partition coefficient (Wildman–Crippen LogP) is 3.15. The van der Waals surface area contributed by atoms with Gasteiger partial charge in [-0.15, -0.1) is 15.7 Å². The maximum Gasteiger partial charge on any atom is 0.354 e. The van der Waals surface area contributed by atoms with Gasteiger partial charge in [0.25, 0.3) is 0 Å². The quantitative estimate of drug-likeness (QED) is 0.704. The number of benzene rings is 1. The van der Waals surface area contributed by atoms with Crippen LogP contribution in [0.15, 0.2) is 20.1 Å². The lowest BCUT2D eigenvalue weighted by Gasteiger charge is -2.25. The van der Waals surface area contributed by atoms with Crippen LogP contribution in [-0.2, 0) is 35.6 Å². The summed E-state index contributed by atoms with van der Waals surface area (Å²) in [6.45, 7) is 3.48. The monoisotopic (exact) mass is 420 g/mol. The summed E-state index contributed by atoms with van der Waals surface area (Å²) in [4.78, 5) is 16.8. The molecule has 2 aromatic rings. The van der Waals surface area contributed by atoms with Crippen molar-refractivity contribution >= 4 is 33.0 Å². The second-order valence-corrected chi connectivity index (χ2v) is 10.4. The number of aliphatic hydroxyl groups is 1. The van der Waals surface area contributed by atoms with Crippen LogP contribution >= 0.6 is 11.3 Å². The Balaban J connectivity index is 1.60. The Bertz CT molecular complexity index is 1070. The van der Waals surface area contributed by atoms with E-state index in [9.17, 15) is 14.1 Å². The van der Waals surface area contributed by atoms with Gasteiger partial charge in [0.1, 0.15) is 0 Å². The fourth-order valence-electron chi connectivity index (χ4n) is 3.75.